The summed E-state index contributed by atoms with van der Waals surface area (Å²) in [6.45, 7) is 8.12. The van der Waals surface area contributed by atoms with Crippen molar-refractivity contribution in [3.63, 3.8) is 0 Å². The quantitative estimate of drug-likeness (QED) is 0.881. The predicted molar refractivity (Wildman–Crippen MR) is 94.6 cm³/mol. The molecule has 0 amide bonds. The van der Waals surface area contributed by atoms with Gasteiger partial charge in [0.1, 0.15) is 5.82 Å². The van der Waals surface area contributed by atoms with E-state index in [2.05, 4.69) is 0 Å². The van der Waals surface area contributed by atoms with Crippen molar-refractivity contribution in [3.05, 3.63) is 65.5 Å². The lowest BCUT2D eigenvalue weighted by atomic mass is 9.78. The van der Waals surface area contributed by atoms with Crippen LogP contribution in [0.15, 0.2) is 48.5 Å². The molecule has 3 nitrogen and oxygen atoms in total. The minimum absolute atomic E-state index is 0.281. The fourth-order valence-corrected chi connectivity index (χ4v) is 2.73. The van der Waals surface area contributed by atoms with Gasteiger partial charge in [-0.3, -0.25) is 0 Å². The molecule has 1 aliphatic heterocycles. The lowest BCUT2D eigenvalue weighted by Gasteiger charge is -2.32. The van der Waals surface area contributed by atoms with E-state index in [4.69, 9.17) is 15.0 Å². The Bertz CT molecular complexity index is 714. The summed E-state index contributed by atoms with van der Waals surface area (Å²) in [5.74, 6) is -0.281. The highest BCUT2D eigenvalue weighted by atomic mass is 19.1. The van der Waals surface area contributed by atoms with Crippen LogP contribution in [0.1, 0.15) is 44.9 Å². The average molecular weight is 327 g/mol. The second-order valence-corrected chi connectivity index (χ2v) is 7.29. The molecule has 1 aliphatic rings. The van der Waals surface area contributed by atoms with Crippen LogP contribution < -0.4 is 11.2 Å². The van der Waals surface area contributed by atoms with Gasteiger partial charge in [0.25, 0.3) is 0 Å². The van der Waals surface area contributed by atoms with E-state index >= 15 is 0 Å². The minimum atomic E-state index is -0.394. The molecule has 126 valence electrons. The van der Waals surface area contributed by atoms with Crippen LogP contribution in [0.4, 0.5) is 4.39 Å². The van der Waals surface area contributed by atoms with E-state index in [9.17, 15) is 4.39 Å². The van der Waals surface area contributed by atoms with Crippen molar-refractivity contribution in [2.24, 2.45) is 5.73 Å². The lowest BCUT2D eigenvalue weighted by molar-refractivity contribution is 0.00578. The molecule has 2 aromatic rings. The van der Waals surface area contributed by atoms with Gasteiger partial charge in [-0.1, -0.05) is 36.4 Å². The topological polar surface area (TPSA) is 44.5 Å². The molecule has 3 rings (SSSR count). The van der Waals surface area contributed by atoms with Gasteiger partial charge in [-0.15, -0.1) is 0 Å². The van der Waals surface area contributed by atoms with Gasteiger partial charge in [0.2, 0.25) is 0 Å². The molecule has 24 heavy (non-hydrogen) atoms. The van der Waals surface area contributed by atoms with Crippen molar-refractivity contribution in [2.45, 2.75) is 44.9 Å². The zero-order valence-corrected chi connectivity index (χ0v) is 14.5. The first-order valence-electron chi connectivity index (χ1n) is 8.16. The van der Waals surface area contributed by atoms with Gasteiger partial charge in [-0.25, -0.2) is 4.39 Å². The zero-order chi connectivity index (χ0) is 17.5. The van der Waals surface area contributed by atoms with Crippen LogP contribution in [0, 0.1) is 5.82 Å². The van der Waals surface area contributed by atoms with Gasteiger partial charge in [0.15, 0.2) is 0 Å². The molecular weight excluding hydrogens is 304 g/mol. The van der Waals surface area contributed by atoms with Crippen molar-refractivity contribution in [3.8, 4) is 0 Å². The van der Waals surface area contributed by atoms with Crippen LogP contribution in [-0.4, -0.2) is 18.3 Å². The van der Waals surface area contributed by atoms with Crippen LogP contribution >= 0.6 is 0 Å². The molecule has 0 unspecified atom stereocenters. The second kappa shape index (κ2) is 5.99. The van der Waals surface area contributed by atoms with Crippen molar-refractivity contribution in [2.75, 3.05) is 0 Å². The Morgan fingerprint density at radius 2 is 1.50 bits per heavy atom. The molecule has 0 aromatic heterocycles. The molecule has 0 aliphatic carbocycles. The molecule has 0 saturated carbocycles. The number of hydrogen-bond acceptors (Lipinski definition) is 3. The van der Waals surface area contributed by atoms with Crippen molar-refractivity contribution in [1.29, 1.82) is 0 Å². The first-order chi connectivity index (χ1) is 11.2. The van der Waals surface area contributed by atoms with Crippen molar-refractivity contribution >= 4 is 12.6 Å². The average Bonchev–Trinajstić information content (AvgIpc) is 2.75. The molecule has 0 spiro atoms. The normalized spacial score (nSPS) is 20.2. The maximum atomic E-state index is 13.4. The van der Waals surface area contributed by atoms with E-state index < -0.39 is 7.12 Å². The second-order valence-electron chi connectivity index (χ2n) is 7.29. The Kier molecular flexibility index (Phi) is 4.28. The third kappa shape index (κ3) is 3.12. The first kappa shape index (κ1) is 17.1. The van der Waals surface area contributed by atoms with Crippen LogP contribution in [0.25, 0.3) is 0 Å². The fourth-order valence-electron chi connectivity index (χ4n) is 2.73. The van der Waals surface area contributed by atoms with Gasteiger partial charge in [0, 0.05) is 0 Å². The summed E-state index contributed by atoms with van der Waals surface area (Å²) in [5, 5.41) is 0. The van der Waals surface area contributed by atoms with Gasteiger partial charge in [-0.2, -0.15) is 0 Å². The highest BCUT2D eigenvalue weighted by Crippen LogP contribution is 2.36. The summed E-state index contributed by atoms with van der Waals surface area (Å²) in [6.07, 6.45) is 0. The molecule has 1 atom stereocenters. The Balaban J connectivity index is 1.79. The molecule has 2 aromatic carbocycles. The number of halogens is 1. The number of rotatable bonds is 3. The predicted octanol–water partition coefficient (Wildman–Crippen LogP) is 3.17. The Labute approximate surface area is 143 Å². The minimum Gasteiger partial charge on any atom is -0.399 e. The Hall–Kier alpha value is -1.69. The van der Waals surface area contributed by atoms with Gasteiger partial charge in [-0.05, 0) is 56.4 Å². The van der Waals surface area contributed by atoms with Crippen molar-refractivity contribution < 1.29 is 13.7 Å². The monoisotopic (exact) mass is 327 g/mol. The molecule has 1 saturated heterocycles. The summed E-state index contributed by atoms with van der Waals surface area (Å²) in [6, 6.07) is 13.8. The fraction of sp³-hybridized carbons (Fsp3) is 0.368. The molecule has 0 bridgehead atoms. The van der Waals surface area contributed by atoms with Gasteiger partial charge in [0.05, 0.1) is 17.2 Å². The summed E-state index contributed by atoms with van der Waals surface area (Å²) in [7, 11) is -0.394. The number of hydrogen-bond donors (Lipinski definition) is 1. The Morgan fingerprint density at radius 3 is 2.04 bits per heavy atom. The summed E-state index contributed by atoms with van der Waals surface area (Å²) in [5.41, 5.74) is 8.13. The highest BCUT2D eigenvalue weighted by molar-refractivity contribution is 6.62. The Morgan fingerprint density at radius 1 is 0.917 bits per heavy atom. The highest BCUT2D eigenvalue weighted by Gasteiger charge is 2.51. The van der Waals surface area contributed by atoms with Crippen LogP contribution in [-0.2, 0) is 9.31 Å². The van der Waals surface area contributed by atoms with E-state index in [1.165, 1.54) is 12.1 Å². The van der Waals surface area contributed by atoms with Crippen molar-refractivity contribution in [1.82, 2.24) is 0 Å². The number of nitrogens with two attached hydrogens (primary N) is 1. The van der Waals surface area contributed by atoms with E-state index in [0.29, 0.717) is 0 Å². The van der Waals surface area contributed by atoms with E-state index in [0.717, 1.165) is 16.6 Å². The van der Waals surface area contributed by atoms with E-state index in [1.807, 2.05) is 58.0 Å². The van der Waals surface area contributed by atoms with Crippen LogP contribution in [0.5, 0.6) is 0 Å². The molecular formula is C19H23BFNO2. The van der Waals surface area contributed by atoms with Gasteiger partial charge >= 0.3 is 7.12 Å². The maximum absolute atomic E-state index is 13.4. The van der Waals surface area contributed by atoms with E-state index in [1.54, 1.807) is 6.07 Å². The number of benzene rings is 2. The maximum Gasteiger partial charge on any atom is 0.494 e. The summed E-state index contributed by atoms with van der Waals surface area (Å²) < 4.78 is 25.5. The van der Waals surface area contributed by atoms with Crippen LogP contribution in [0.3, 0.4) is 0 Å². The third-order valence-electron chi connectivity index (χ3n) is 5.03. The first-order valence-corrected chi connectivity index (χ1v) is 8.16. The molecule has 0 radical (unpaired) electrons. The van der Waals surface area contributed by atoms with Gasteiger partial charge < -0.3 is 15.0 Å². The molecule has 1 heterocycles. The standard InChI is InChI=1S/C19H23BFNO2/c1-18(2)19(3,4)24-20(23-18)15-10-8-13(9-11-15)17(22)14-6-5-7-16(21)12-14/h5-12,17H,22H2,1-4H3/t17-/m1/s1. The molecule has 2 N–H and O–H groups in total. The smallest absolute Gasteiger partial charge is 0.399 e. The molecule has 1 fully saturated rings. The third-order valence-corrected chi connectivity index (χ3v) is 5.03. The SMILES string of the molecule is CC1(C)OB(c2ccc([C@@H](N)c3cccc(F)c3)cc2)OC1(C)C. The van der Waals surface area contributed by atoms with Crippen LogP contribution in [0.2, 0.25) is 0 Å². The molecule has 5 heteroatoms. The zero-order valence-electron chi connectivity index (χ0n) is 14.5. The summed E-state index contributed by atoms with van der Waals surface area (Å²) >= 11 is 0. The largest absolute Gasteiger partial charge is 0.494 e. The van der Waals surface area contributed by atoms with E-state index in [-0.39, 0.29) is 23.1 Å². The lowest BCUT2D eigenvalue weighted by Crippen LogP contribution is -2.41. The summed E-state index contributed by atoms with van der Waals surface area (Å²) in [4.78, 5) is 0.